The average molecular weight is 279 g/mol. The van der Waals surface area contributed by atoms with E-state index in [0.717, 1.165) is 12.0 Å². The molecule has 2 aromatic rings. The Morgan fingerprint density at radius 2 is 2.11 bits per heavy atom. The molecule has 0 amide bonds. The van der Waals surface area contributed by atoms with Crippen LogP contribution in [0.2, 0.25) is 0 Å². The summed E-state index contributed by atoms with van der Waals surface area (Å²) in [5.41, 5.74) is 0.171. The molecule has 0 radical (unpaired) electrons. The van der Waals surface area contributed by atoms with Gasteiger partial charge in [0.2, 0.25) is 0 Å². The van der Waals surface area contributed by atoms with Gasteiger partial charge in [-0.2, -0.15) is 0 Å². The van der Waals surface area contributed by atoms with Crippen molar-refractivity contribution < 1.29 is 13.7 Å². The third-order valence-electron chi connectivity index (χ3n) is 2.69. The molecule has 0 unspecified atom stereocenters. The largest absolute Gasteiger partial charge is 0.497 e. The summed E-state index contributed by atoms with van der Waals surface area (Å²) in [4.78, 5) is 26.2. The molecule has 1 aromatic heterocycles. The van der Waals surface area contributed by atoms with Crippen LogP contribution in [-0.2, 0) is 0 Å². The van der Waals surface area contributed by atoms with Gasteiger partial charge in [-0.15, -0.1) is 0 Å². The van der Waals surface area contributed by atoms with Crippen LogP contribution in [0.5, 0.6) is 11.5 Å². The summed E-state index contributed by atoms with van der Waals surface area (Å²) in [7, 11) is 1.55. The molecule has 0 saturated carbocycles. The number of methoxy groups -OCH3 is 1. The fourth-order valence-electron chi connectivity index (χ4n) is 1.86. The molecule has 1 N–H and O–H groups in total. The first-order valence-corrected chi connectivity index (χ1v) is 6.69. The number of carbonyl (C=O) groups excluding carboxylic acids is 1. The molecule has 0 fully saturated rings. The van der Waals surface area contributed by atoms with Crippen molar-refractivity contribution in [3.8, 4) is 11.5 Å². The maximum absolute atomic E-state index is 11.9. The van der Waals surface area contributed by atoms with Gasteiger partial charge in [0.25, 0.3) is 5.56 Å². The van der Waals surface area contributed by atoms with Crippen LogP contribution in [0.1, 0.15) is 17.3 Å². The maximum Gasteiger partial charge on any atom is 0.263 e. The minimum atomic E-state index is -0.450. The molecule has 0 aliphatic rings. The third-order valence-corrected chi connectivity index (χ3v) is 3.03. The van der Waals surface area contributed by atoms with Crippen molar-refractivity contribution in [2.24, 2.45) is 0 Å². The van der Waals surface area contributed by atoms with Crippen molar-refractivity contribution >= 4 is 28.7 Å². The first kappa shape index (κ1) is 13.5. The van der Waals surface area contributed by atoms with E-state index in [4.69, 9.17) is 8.92 Å². The molecule has 6 heteroatoms. The number of benzene rings is 1. The van der Waals surface area contributed by atoms with E-state index in [-0.39, 0.29) is 17.1 Å². The van der Waals surface area contributed by atoms with E-state index in [1.165, 1.54) is 6.92 Å². The molecule has 19 heavy (non-hydrogen) atoms. The molecule has 0 aliphatic heterocycles. The first-order chi connectivity index (χ1) is 9.08. The first-order valence-electron chi connectivity index (χ1n) is 5.54. The predicted molar refractivity (Wildman–Crippen MR) is 75.3 cm³/mol. The molecule has 1 aromatic carbocycles. The number of rotatable bonds is 4. The number of ketones is 1. The van der Waals surface area contributed by atoms with Gasteiger partial charge in [-0.25, -0.2) is 0 Å². The summed E-state index contributed by atoms with van der Waals surface area (Å²) in [5.74, 6) is 0.563. The second-order valence-electron chi connectivity index (χ2n) is 3.88. The van der Waals surface area contributed by atoms with Gasteiger partial charge in [-0.1, -0.05) is 0 Å². The number of carbonyl (C=O) groups is 1. The zero-order valence-corrected chi connectivity index (χ0v) is 11.6. The summed E-state index contributed by atoms with van der Waals surface area (Å²) < 4.78 is 10.6. The van der Waals surface area contributed by atoms with Crippen molar-refractivity contribution in [1.82, 2.24) is 4.98 Å². The number of aromatic amines is 1. The van der Waals surface area contributed by atoms with E-state index in [1.807, 2.05) is 0 Å². The fraction of sp³-hybridized carbons (Fsp3) is 0.231. The number of fused-ring (bicyclic) bond motifs is 1. The molecule has 1 heterocycles. The van der Waals surface area contributed by atoms with Gasteiger partial charge in [-0.3, -0.25) is 9.59 Å². The van der Waals surface area contributed by atoms with Gasteiger partial charge in [0.05, 0.1) is 24.7 Å². The predicted octanol–water partition coefficient (Wildman–Crippen LogP) is 2.40. The number of ether oxygens (including phenoxy) is 1. The number of aromatic nitrogens is 1. The Hall–Kier alpha value is -1.95. The van der Waals surface area contributed by atoms with Crippen molar-refractivity contribution in [1.29, 1.82) is 0 Å². The van der Waals surface area contributed by atoms with Gasteiger partial charge in [-0.05, 0) is 25.1 Å². The van der Waals surface area contributed by atoms with Gasteiger partial charge >= 0.3 is 0 Å². The molecule has 2 rings (SSSR count). The molecule has 0 bridgehead atoms. The molecule has 0 atom stereocenters. The van der Waals surface area contributed by atoms with Gasteiger partial charge < -0.3 is 13.9 Å². The highest BCUT2D eigenvalue weighted by Crippen LogP contribution is 2.31. The van der Waals surface area contributed by atoms with E-state index >= 15 is 0 Å². The quantitative estimate of drug-likeness (QED) is 0.687. The Balaban J connectivity index is 2.87. The molecule has 0 saturated heterocycles. The highest BCUT2D eigenvalue weighted by Gasteiger charge is 2.18. The van der Waals surface area contributed by atoms with Crippen LogP contribution in [-0.4, -0.2) is 24.1 Å². The van der Waals surface area contributed by atoms with Crippen molar-refractivity contribution in [2.45, 2.75) is 6.92 Å². The number of nitrogens with one attached hydrogen (secondary N) is 1. The molecule has 5 nitrogen and oxygen atoms in total. The smallest absolute Gasteiger partial charge is 0.263 e. The van der Waals surface area contributed by atoms with Crippen molar-refractivity contribution in [3.63, 3.8) is 0 Å². The lowest BCUT2D eigenvalue weighted by Crippen LogP contribution is -2.17. The Kier molecular flexibility index (Phi) is 3.80. The lowest BCUT2D eigenvalue weighted by molar-refractivity contribution is 0.101. The van der Waals surface area contributed by atoms with Crippen LogP contribution < -0.4 is 14.5 Å². The number of hydrogen-bond donors (Lipinski definition) is 1. The zero-order chi connectivity index (χ0) is 14.0. The summed E-state index contributed by atoms with van der Waals surface area (Å²) >= 11 is 1.08. The lowest BCUT2D eigenvalue weighted by atomic mass is 10.1. The van der Waals surface area contributed by atoms with Gasteiger partial charge in [0.1, 0.15) is 11.3 Å². The van der Waals surface area contributed by atoms with E-state index in [1.54, 1.807) is 31.6 Å². The van der Waals surface area contributed by atoms with Crippen molar-refractivity contribution in [2.75, 3.05) is 13.4 Å². The Morgan fingerprint density at radius 1 is 1.37 bits per heavy atom. The number of hydrogen-bond acceptors (Lipinski definition) is 5. The summed E-state index contributed by atoms with van der Waals surface area (Å²) in [6.45, 7) is 1.34. The normalized spacial score (nSPS) is 10.5. The van der Waals surface area contributed by atoms with Crippen LogP contribution in [0, 0.1) is 0 Å². The maximum atomic E-state index is 11.9. The molecule has 0 spiro atoms. The topological polar surface area (TPSA) is 68.4 Å². The van der Waals surface area contributed by atoms with Gasteiger partial charge in [0, 0.05) is 11.6 Å². The highest BCUT2D eigenvalue weighted by atomic mass is 32.2. The lowest BCUT2D eigenvalue weighted by Gasteiger charge is -2.10. The SMILES string of the molecule is COc1ccc2[nH]c(=O)c(C(C)=O)c(OSC)c2c1. The molecular formula is C13H13NO4S. The Bertz CT molecular complexity index is 693. The molecular weight excluding hydrogens is 266 g/mol. The van der Waals surface area contributed by atoms with E-state index in [9.17, 15) is 9.59 Å². The summed E-state index contributed by atoms with van der Waals surface area (Å²) in [6.07, 6.45) is 1.72. The second kappa shape index (κ2) is 5.36. The Labute approximate surface area is 114 Å². The second-order valence-corrected chi connectivity index (χ2v) is 4.38. The van der Waals surface area contributed by atoms with Gasteiger partial charge in [0.15, 0.2) is 11.5 Å². The van der Waals surface area contributed by atoms with E-state index < -0.39 is 5.56 Å². The Morgan fingerprint density at radius 3 is 2.68 bits per heavy atom. The molecule has 0 aliphatic carbocycles. The fourth-order valence-corrected chi connectivity index (χ4v) is 2.20. The van der Waals surface area contributed by atoms with E-state index in [2.05, 4.69) is 4.98 Å². The monoisotopic (exact) mass is 279 g/mol. The van der Waals surface area contributed by atoms with Crippen LogP contribution in [0.25, 0.3) is 10.9 Å². The van der Waals surface area contributed by atoms with Crippen LogP contribution in [0.4, 0.5) is 0 Å². The van der Waals surface area contributed by atoms with E-state index in [0.29, 0.717) is 16.7 Å². The number of H-pyrrole nitrogens is 1. The zero-order valence-electron chi connectivity index (χ0n) is 10.8. The molecule has 100 valence electrons. The van der Waals surface area contributed by atoms with Crippen LogP contribution in [0.15, 0.2) is 23.0 Å². The summed E-state index contributed by atoms with van der Waals surface area (Å²) in [5, 5.41) is 0.638. The number of Topliss-reactive ketones (excluding diaryl/α,β-unsaturated/α-hetero) is 1. The van der Waals surface area contributed by atoms with Crippen LogP contribution in [0.3, 0.4) is 0 Å². The minimum absolute atomic E-state index is 0.0232. The third kappa shape index (κ3) is 2.44. The minimum Gasteiger partial charge on any atom is -0.497 e. The standard InChI is InChI=1S/C13H13NO4S/c1-7(15)11-12(18-19-3)9-6-8(17-2)4-5-10(9)14-13(11)16/h4-6H,1-3H3,(H,14,16). The number of pyridine rings is 1. The van der Waals surface area contributed by atoms with Crippen LogP contribution >= 0.6 is 12.0 Å². The summed E-state index contributed by atoms with van der Waals surface area (Å²) in [6, 6.07) is 5.17. The average Bonchev–Trinajstić information content (AvgIpc) is 2.38. The van der Waals surface area contributed by atoms with Crippen molar-refractivity contribution in [3.05, 3.63) is 34.1 Å². The highest BCUT2D eigenvalue weighted by molar-refractivity contribution is 7.94.